The fraction of sp³-hybridized carbons (Fsp3) is 0.318. The number of aliphatic hydroxyl groups is 1. The van der Waals surface area contributed by atoms with Gasteiger partial charge in [0, 0.05) is 43.1 Å². The summed E-state index contributed by atoms with van der Waals surface area (Å²) in [5.74, 6) is -0.155. The number of fused-ring (bicyclic) bond motifs is 1. The number of rotatable bonds is 15. The highest BCUT2D eigenvalue weighted by Crippen LogP contribution is 2.39. The van der Waals surface area contributed by atoms with E-state index in [0.717, 1.165) is 23.1 Å². The molecule has 4 unspecified atom stereocenters. The zero-order valence-electron chi connectivity index (χ0n) is 30.5. The predicted octanol–water partition coefficient (Wildman–Crippen LogP) is 8.68. The number of anilines is 3. The molecule has 5 N–H and O–H groups in total. The van der Waals surface area contributed by atoms with E-state index in [1.54, 1.807) is 12.1 Å². The summed E-state index contributed by atoms with van der Waals surface area (Å²) in [5.41, 5.74) is 11.8. The number of carbonyl (C=O) groups excluding carboxylic acids is 2. The van der Waals surface area contributed by atoms with Crippen LogP contribution in [0.15, 0.2) is 115 Å². The number of likely N-dealkylation sites (N-methyl/N-ethyl adjacent to an activating group) is 1. The average Bonchev–Trinajstić information content (AvgIpc) is 3.18. The van der Waals surface area contributed by atoms with Gasteiger partial charge in [0.1, 0.15) is 0 Å². The third-order valence-corrected chi connectivity index (χ3v) is 10.0. The summed E-state index contributed by atoms with van der Waals surface area (Å²) in [6, 6.07) is 38.0. The lowest BCUT2D eigenvalue weighted by Gasteiger charge is -2.39. The smallest absolute Gasteiger partial charge is 0.224 e. The maximum Gasteiger partial charge on any atom is 0.224 e. The van der Waals surface area contributed by atoms with Gasteiger partial charge in [-0.2, -0.15) is 0 Å². The fourth-order valence-electron chi connectivity index (χ4n) is 6.75. The van der Waals surface area contributed by atoms with Gasteiger partial charge >= 0.3 is 0 Å². The minimum atomic E-state index is -0.596. The van der Waals surface area contributed by atoms with E-state index in [4.69, 9.17) is 15.2 Å². The van der Waals surface area contributed by atoms with Crippen LogP contribution in [0.25, 0.3) is 10.8 Å². The first-order valence-electron chi connectivity index (χ1n) is 18.5. The first-order chi connectivity index (χ1) is 25.7. The van der Waals surface area contributed by atoms with Crippen molar-refractivity contribution in [3.8, 4) is 0 Å². The molecule has 9 nitrogen and oxygen atoms in total. The minimum absolute atomic E-state index is 0.00924. The van der Waals surface area contributed by atoms with Gasteiger partial charge in [0.05, 0.1) is 30.2 Å². The Labute approximate surface area is 312 Å². The van der Waals surface area contributed by atoms with Gasteiger partial charge in [0.2, 0.25) is 11.8 Å². The van der Waals surface area contributed by atoms with Crippen molar-refractivity contribution in [2.75, 3.05) is 30.0 Å². The van der Waals surface area contributed by atoms with E-state index >= 15 is 0 Å². The number of ether oxygens (including phenoxy) is 2. The molecule has 5 aromatic carbocycles. The average molecular weight is 715 g/mol. The van der Waals surface area contributed by atoms with E-state index in [2.05, 4.69) is 72.0 Å². The van der Waals surface area contributed by atoms with Crippen LogP contribution in [0.4, 0.5) is 17.1 Å². The molecular formula is C44H50N4O5. The van der Waals surface area contributed by atoms with Gasteiger partial charge in [-0.25, -0.2) is 0 Å². The number of nitrogens with one attached hydrogen (secondary N) is 2. The maximum atomic E-state index is 12.7. The number of para-hydroxylation sites is 2. The van der Waals surface area contributed by atoms with Crippen LogP contribution in [0, 0.1) is 0 Å². The maximum absolute atomic E-state index is 12.7. The second kappa shape index (κ2) is 18.1. The Hall–Kier alpha value is -5.06. The number of unbranched alkanes of at least 4 members (excludes halogenated alkanes) is 2. The molecule has 9 heteroatoms. The molecule has 2 amide bonds. The first-order valence-corrected chi connectivity index (χ1v) is 18.5. The van der Waals surface area contributed by atoms with Crippen molar-refractivity contribution in [2.45, 2.75) is 76.6 Å². The van der Waals surface area contributed by atoms with Crippen LogP contribution in [-0.4, -0.2) is 41.5 Å². The summed E-state index contributed by atoms with van der Waals surface area (Å²) in [6.07, 6.45) is 2.67. The van der Waals surface area contributed by atoms with E-state index in [1.165, 1.54) is 16.3 Å². The van der Waals surface area contributed by atoms with Gasteiger partial charge in [0.25, 0.3) is 0 Å². The molecule has 1 saturated heterocycles. The Balaban J connectivity index is 1.03. The summed E-state index contributed by atoms with van der Waals surface area (Å²) >= 11 is 0. The van der Waals surface area contributed by atoms with Gasteiger partial charge in [-0.05, 0) is 84.6 Å². The van der Waals surface area contributed by atoms with E-state index in [0.29, 0.717) is 55.7 Å². The molecule has 1 heterocycles. The monoisotopic (exact) mass is 714 g/mol. The van der Waals surface area contributed by atoms with E-state index < -0.39 is 6.29 Å². The lowest BCUT2D eigenvalue weighted by atomic mass is 9.98. The highest BCUT2D eigenvalue weighted by Gasteiger charge is 2.33. The predicted molar refractivity (Wildman–Crippen MR) is 211 cm³/mol. The second-order valence-electron chi connectivity index (χ2n) is 13.9. The summed E-state index contributed by atoms with van der Waals surface area (Å²) in [5, 5.41) is 17.9. The SMILES string of the molecule is CC(c1ccc2ccccc2c1)N(C)CC1CC(c2ccc(CO)cc2)OC(c2ccc(NC(=O)CCCCCC(=O)Nc3ccccc3N)cc2)O1. The molecular weight excluding hydrogens is 665 g/mol. The van der Waals surface area contributed by atoms with Gasteiger partial charge in [0.15, 0.2) is 6.29 Å². The van der Waals surface area contributed by atoms with Gasteiger partial charge in [-0.3, -0.25) is 14.5 Å². The standard InChI is InChI=1S/C44H50N4O5/c1-30(35-21-20-32-10-6-7-11-36(32)26-35)48(2)28-38-27-41(33-18-16-31(29-49)17-19-33)53-44(52-38)34-22-24-37(25-23-34)46-42(50)14-4-3-5-15-43(51)47-40-13-9-8-12-39(40)45/h6-13,16-26,30,38,41,44,49H,3-5,14-15,27-29,45H2,1-2H3,(H,46,50)(H,47,51). The lowest BCUT2D eigenvalue weighted by molar-refractivity contribution is -0.253. The number of nitrogens with zero attached hydrogens (tertiary/aromatic N) is 1. The molecule has 1 aliphatic rings. The molecule has 1 fully saturated rings. The number of nitrogen functional groups attached to an aromatic ring is 1. The van der Waals surface area contributed by atoms with E-state index in [-0.39, 0.29) is 36.7 Å². The van der Waals surface area contributed by atoms with Crippen LogP contribution in [0.1, 0.15) is 86.1 Å². The Bertz CT molecular complexity index is 1970. The molecule has 0 saturated carbocycles. The number of amides is 2. The molecule has 5 aromatic rings. The summed E-state index contributed by atoms with van der Waals surface area (Å²) in [6.45, 7) is 2.92. The number of benzene rings is 5. The quantitative estimate of drug-likeness (QED) is 0.0632. The zero-order chi connectivity index (χ0) is 37.2. The number of aliphatic hydroxyl groups excluding tert-OH is 1. The first kappa shape index (κ1) is 37.7. The lowest BCUT2D eigenvalue weighted by Crippen LogP contribution is -2.38. The molecule has 0 radical (unpaired) electrons. The normalized spacial score (nSPS) is 17.8. The van der Waals surface area contributed by atoms with E-state index in [1.807, 2.05) is 60.7 Å². The van der Waals surface area contributed by atoms with Gasteiger partial charge < -0.3 is 30.9 Å². The Kier molecular flexibility index (Phi) is 12.9. The third kappa shape index (κ3) is 10.3. The Morgan fingerprint density at radius 3 is 2.17 bits per heavy atom. The number of carbonyl (C=O) groups is 2. The highest BCUT2D eigenvalue weighted by atomic mass is 16.7. The Morgan fingerprint density at radius 1 is 0.792 bits per heavy atom. The molecule has 4 atom stereocenters. The molecule has 0 spiro atoms. The van der Waals surface area contributed by atoms with Crippen molar-refractivity contribution in [3.63, 3.8) is 0 Å². The van der Waals surface area contributed by atoms with Crippen molar-refractivity contribution < 1.29 is 24.2 Å². The van der Waals surface area contributed by atoms with Crippen molar-refractivity contribution in [2.24, 2.45) is 0 Å². The van der Waals surface area contributed by atoms with Crippen molar-refractivity contribution >= 4 is 39.6 Å². The van der Waals surface area contributed by atoms with Gasteiger partial charge in [-0.1, -0.05) is 91.3 Å². The molecule has 53 heavy (non-hydrogen) atoms. The van der Waals surface area contributed by atoms with Crippen molar-refractivity contribution in [1.29, 1.82) is 0 Å². The van der Waals surface area contributed by atoms with Crippen LogP contribution < -0.4 is 16.4 Å². The van der Waals surface area contributed by atoms with Crippen LogP contribution in [0.5, 0.6) is 0 Å². The zero-order valence-corrected chi connectivity index (χ0v) is 30.5. The van der Waals surface area contributed by atoms with Crippen LogP contribution in [0.2, 0.25) is 0 Å². The van der Waals surface area contributed by atoms with Crippen molar-refractivity contribution in [3.05, 3.63) is 138 Å². The molecule has 0 aliphatic carbocycles. The van der Waals surface area contributed by atoms with E-state index in [9.17, 15) is 14.7 Å². The number of hydrogen-bond acceptors (Lipinski definition) is 7. The van der Waals surface area contributed by atoms with Gasteiger partial charge in [-0.15, -0.1) is 0 Å². The molecule has 0 bridgehead atoms. The largest absolute Gasteiger partial charge is 0.397 e. The Morgan fingerprint density at radius 2 is 1.45 bits per heavy atom. The number of hydrogen-bond donors (Lipinski definition) is 4. The summed E-state index contributed by atoms with van der Waals surface area (Å²) in [7, 11) is 2.13. The summed E-state index contributed by atoms with van der Waals surface area (Å²) in [4.78, 5) is 27.3. The molecule has 6 rings (SSSR count). The van der Waals surface area contributed by atoms with Crippen LogP contribution in [-0.2, 0) is 25.7 Å². The third-order valence-electron chi connectivity index (χ3n) is 10.0. The topological polar surface area (TPSA) is 126 Å². The highest BCUT2D eigenvalue weighted by molar-refractivity contribution is 5.93. The molecule has 1 aliphatic heterocycles. The minimum Gasteiger partial charge on any atom is -0.397 e. The van der Waals surface area contributed by atoms with Crippen LogP contribution in [0.3, 0.4) is 0 Å². The van der Waals surface area contributed by atoms with Crippen molar-refractivity contribution in [1.82, 2.24) is 4.90 Å². The second-order valence-corrected chi connectivity index (χ2v) is 13.9. The van der Waals surface area contributed by atoms with Crippen LogP contribution >= 0.6 is 0 Å². The molecule has 276 valence electrons. The number of nitrogens with two attached hydrogens (primary N) is 1. The fourth-order valence-corrected chi connectivity index (χ4v) is 6.75. The summed E-state index contributed by atoms with van der Waals surface area (Å²) < 4.78 is 13.2. The molecule has 0 aromatic heterocycles.